The zero-order valence-electron chi connectivity index (χ0n) is 15.7. The van der Waals surface area contributed by atoms with Crippen molar-refractivity contribution in [3.05, 3.63) is 35.6 Å². The molecule has 0 aromatic carbocycles. The van der Waals surface area contributed by atoms with E-state index in [2.05, 4.69) is 35.2 Å². The first-order valence-electron chi connectivity index (χ1n) is 8.89. The molecule has 0 spiro atoms. The van der Waals surface area contributed by atoms with Crippen LogP contribution in [0.2, 0.25) is 0 Å². The minimum Gasteiger partial charge on any atom is -0.487 e. The third-order valence-electron chi connectivity index (χ3n) is 4.53. The Morgan fingerprint density at radius 3 is 3.00 bits per heavy atom. The molecule has 0 N–H and O–H groups in total. The van der Waals surface area contributed by atoms with Gasteiger partial charge in [-0.2, -0.15) is 0 Å². The number of ether oxygens (including phenoxy) is 3. The molecule has 2 aliphatic heterocycles. The van der Waals surface area contributed by atoms with E-state index in [0.717, 1.165) is 18.4 Å². The van der Waals surface area contributed by atoms with Crippen LogP contribution >= 0.6 is 0 Å². The second kappa shape index (κ2) is 8.27. The summed E-state index contributed by atoms with van der Waals surface area (Å²) in [6, 6.07) is 2.14. The van der Waals surface area contributed by atoms with Crippen molar-refractivity contribution in [2.75, 3.05) is 26.9 Å². The Kier molecular flexibility index (Phi) is 5.83. The average Bonchev–Trinajstić information content (AvgIpc) is 3.16. The van der Waals surface area contributed by atoms with E-state index in [1.165, 1.54) is 16.9 Å². The van der Waals surface area contributed by atoms with E-state index in [1.807, 2.05) is 12.3 Å². The molecular weight excluding hydrogens is 330 g/mol. The maximum absolute atomic E-state index is 6.08. The van der Waals surface area contributed by atoms with E-state index in [0.29, 0.717) is 37.5 Å². The molecule has 3 rings (SSSR count). The molecule has 0 saturated carbocycles. The Hall–Kier alpha value is -2.47. The van der Waals surface area contributed by atoms with Crippen LogP contribution in [0.4, 0.5) is 0 Å². The third-order valence-corrected chi connectivity index (χ3v) is 4.53. The quantitative estimate of drug-likeness (QED) is 0.705. The summed E-state index contributed by atoms with van der Waals surface area (Å²) >= 11 is 0. The summed E-state index contributed by atoms with van der Waals surface area (Å²) in [5, 5.41) is 4.49. The maximum atomic E-state index is 6.08. The number of hydrogen-bond donors (Lipinski definition) is 0. The van der Waals surface area contributed by atoms with E-state index >= 15 is 0 Å². The van der Waals surface area contributed by atoms with Gasteiger partial charge in [-0.1, -0.05) is 17.3 Å². The number of rotatable bonds is 7. The van der Waals surface area contributed by atoms with E-state index in [9.17, 15) is 0 Å². The molecule has 0 bridgehead atoms. The van der Waals surface area contributed by atoms with Crippen molar-refractivity contribution in [1.82, 2.24) is 4.98 Å². The molecule has 0 atom stereocenters. The Morgan fingerprint density at radius 2 is 2.27 bits per heavy atom. The summed E-state index contributed by atoms with van der Waals surface area (Å²) in [4.78, 5) is 4.23. The number of methoxy groups -OCH3 is 1. The lowest BCUT2D eigenvalue weighted by Gasteiger charge is -2.20. The van der Waals surface area contributed by atoms with Crippen molar-refractivity contribution in [2.24, 2.45) is 5.10 Å². The normalized spacial score (nSPS) is 17.2. The smallest absolute Gasteiger partial charge is 0.219 e. The highest BCUT2D eigenvalue weighted by atomic mass is 16.5. The van der Waals surface area contributed by atoms with Gasteiger partial charge in [0.25, 0.3) is 0 Å². The lowest BCUT2D eigenvalue weighted by atomic mass is 9.98. The van der Waals surface area contributed by atoms with Crippen molar-refractivity contribution in [1.29, 1.82) is 0 Å². The Balaban J connectivity index is 1.84. The lowest BCUT2D eigenvalue weighted by Crippen LogP contribution is -2.27. The lowest BCUT2D eigenvalue weighted by molar-refractivity contribution is -0.560. The van der Waals surface area contributed by atoms with Gasteiger partial charge in [-0.25, -0.2) is 4.98 Å². The fourth-order valence-electron chi connectivity index (χ4n) is 3.15. The van der Waals surface area contributed by atoms with Crippen LogP contribution in [0.25, 0.3) is 6.08 Å². The molecular formula is C20H26N3O3+. The number of hydrogen-bond acceptors (Lipinski definition) is 5. The molecule has 0 aliphatic carbocycles. The average molecular weight is 356 g/mol. The minimum atomic E-state index is 0.318. The molecule has 2 aliphatic rings. The van der Waals surface area contributed by atoms with Crippen LogP contribution in [0.5, 0.6) is 11.6 Å². The number of pyridine rings is 1. The predicted molar refractivity (Wildman–Crippen MR) is 102 cm³/mol. The summed E-state index contributed by atoms with van der Waals surface area (Å²) in [6.07, 6.45) is 7.08. The van der Waals surface area contributed by atoms with Crippen LogP contribution in [0.1, 0.15) is 32.3 Å². The van der Waals surface area contributed by atoms with Crippen LogP contribution in [0.3, 0.4) is 0 Å². The monoisotopic (exact) mass is 356 g/mol. The zero-order chi connectivity index (χ0) is 18.5. The molecule has 6 heteroatoms. The predicted octanol–water partition coefficient (Wildman–Crippen LogP) is 3.08. The van der Waals surface area contributed by atoms with Gasteiger partial charge in [-0.15, -0.1) is 0 Å². The molecule has 0 fully saturated rings. The number of hydrazone groups is 1. The van der Waals surface area contributed by atoms with E-state index in [-0.39, 0.29) is 0 Å². The van der Waals surface area contributed by atoms with Crippen molar-refractivity contribution in [2.45, 2.75) is 32.7 Å². The second-order valence-corrected chi connectivity index (χ2v) is 6.53. The summed E-state index contributed by atoms with van der Waals surface area (Å²) in [6.45, 7) is 9.95. The van der Waals surface area contributed by atoms with Gasteiger partial charge >= 0.3 is 0 Å². The van der Waals surface area contributed by atoms with Gasteiger partial charge in [-0.05, 0) is 30.9 Å². The topological polar surface area (TPSA) is 56.0 Å². The molecule has 138 valence electrons. The third kappa shape index (κ3) is 3.85. The Morgan fingerprint density at radius 1 is 1.42 bits per heavy atom. The number of aromatic nitrogens is 1. The van der Waals surface area contributed by atoms with E-state index in [1.54, 1.807) is 19.4 Å². The summed E-state index contributed by atoms with van der Waals surface area (Å²) in [5.41, 5.74) is 4.55. The summed E-state index contributed by atoms with van der Waals surface area (Å²) in [5.74, 6) is 1.25. The van der Waals surface area contributed by atoms with Crippen molar-refractivity contribution < 1.29 is 18.9 Å². The first-order chi connectivity index (χ1) is 12.6. The highest BCUT2D eigenvalue weighted by Gasteiger charge is 2.30. The minimum absolute atomic E-state index is 0.318. The van der Waals surface area contributed by atoms with Gasteiger partial charge in [0.05, 0.1) is 44.7 Å². The van der Waals surface area contributed by atoms with Crippen LogP contribution in [-0.4, -0.2) is 54.6 Å². The molecule has 0 saturated heterocycles. The van der Waals surface area contributed by atoms with Crippen LogP contribution in [0, 0.1) is 0 Å². The van der Waals surface area contributed by atoms with Gasteiger partial charge in [0.15, 0.2) is 6.04 Å². The number of nitrogens with zero attached hydrogens (tertiary/aromatic N) is 3. The fourth-order valence-corrected chi connectivity index (χ4v) is 3.15. The van der Waals surface area contributed by atoms with Crippen molar-refractivity contribution >= 4 is 18.0 Å². The fraction of sp³-hybridized carbons (Fsp3) is 0.450. The SMILES string of the molecule is C=Cc1cc(OC)ncc1OCC1=C(C2=[N+](C(C)C)N=CC2)COCC1. The van der Waals surface area contributed by atoms with Gasteiger partial charge in [0, 0.05) is 11.6 Å². The Labute approximate surface area is 154 Å². The first kappa shape index (κ1) is 18.3. The maximum Gasteiger partial charge on any atom is 0.219 e. The van der Waals surface area contributed by atoms with Crippen molar-refractivity contribution in [3.63, 3.8) is 0 Å². The van der Waals surface area contributed by atoms with Gasteiger partial charge in [0.2, 0.25) is 11.6 Å². The van der Waals surface area contributed by atoms with E-state index < -0.39 is 0 Å². The van der Waals surface area contributed by atoms with Crippen LogP contribution < -0.4 is 9.47 Å². The van der Waals surface area contributed by atoms with Crippen LogP contribution in [0.15, 0.2) is 35.1 Å². The molecule has 6 nitrogen and oxygen atoms in total. The van der Waals surface area contributed by atoms with Crippen molar-refractivity contribution in [3.8, 4) is 11.6 Å². The van der Waals surface area contributed by atoms with Crippen LogP contribution in [-0.2, 0) is 4.74 Å². The molecule has 26 heavy (non-hydrogen) atoms. The standard InChI is InChI=1S/C20H26N3O3/c1-5-15-10-20(24-4)21-11-19(15)26-12-16-7-9-25-13-17(16)18-6-8-22-23(18)14(2)3/h5,8,10-11,14H,1,6-7,9,12-13H2,2-4H3/q+1. The zero-order valence-corrected chi connectivity index (χ0v) is 15.7. The molecule has 0 radical (unpaired) electrons. The highest BCUT2D eigenvalue weighted by molar-refractivity contribution is 6.06. The molecule has 1 aromatic rings. The summed E-state index contributed by atoms with van der Waals surface area (Å²) < 4.78 is 19.0. The van der Waals surface area contributed by atoms with Gasteiger partial charge in [0.1, 0.15) is 12.4 Å². The van der Waals surface area contributed by atoms with Gasteiger partial charge < -0.3 is 14.2 Å². The Bertz CT molecular complexity index is 779. The summed E-state index contributed by atoms with van der Waals surface area (Å²) in [7, 11) is 1.59. The molecule has 1 aromatic heterocycles. The van der Waals surface area contributed by atoms with E-state index in [4.69, 9.17) is 14.2 Å². The van der Waals surface area contributed by atoms with Gasteiger partial charge in [-0.3, -0.25) is 0 Å². The first-order valence-corrected chi connectivity index (χ1v) is 8.89. The highest BCUT2D eigenvalue weighted by Crippen LogP contribution is 2.26. The molecule has 3 heterocycles. The molecule has 0 unspecified atom stereocenters. The second-order valence-electron chi connectivity index (χ2n) is 6.53. The molecule has 0 amide bonds. The largest absolute Gasteiger partial charge is 0.487 e.